The van der Waals surface area contributed by atoms with E-state index in [0.29, 0.717) is 34.5 Å². The van der Waals surface area contributed by atoms with E-state index in [0.717, 1.165) is 31.1 Å². The molecule has 0 heterocycles. The predicted octanol–water partition coefficient (Wildman–Crippen LogP) is 3.93. The fraction of sp³-hybridized carbons (Fsp3) is 0.947. The summed E-state index contributed by atoms with van der Waals surface area (Å²) in [7, 11) is 0. The quantitative estimate of drug-likeness (QED) is 0.734. The Morgan fingerprint density at radius 2 is 1.95 bits per heavy atom. The average molecular weight is 289 g/mol. The molecule has 0 aliphatic heterocycles. The van der Waals surface area contributed by atoms with Crippen molar-refractivity contribution in [2.24, 2.45) is 40.2 Å². The SMILES string of the molecule is C[C@@]12CCC[C@H]1[C@@H]1CCC3CC(=O)CC[C@]3(C)[C@@H]1C(N)C2. The number of carbonyl (C=O) groups is 1. The molecular weight excluding hydrogens is 258 g/mol. The van der Waals surface area contributed by atoms with Crippen molar-refractivity contribution in [1.29, 1.82) is 0 Å². The summed E-state index contributed by atoms with van der Waals surface area (Å²) in [6.07, 6.45) is 10.9. The van der Waals surface area contributed by atoms with Crippen molar-refractivity contribution < 1.29 is 4.79 Å². The van der Waals surface area contributed by atoms with Crippen LogP contribution < -0.4 is 5.73 Å². The highest BCUT2D eigenvalue weighted by Gasteiger charge is 2.60. The summed E-state index contributed by atoms with van der Waals surface area (Å²) in [6.45, 7) is 5.00. The maximum Gasteiger partial charge on any atom is 0.133 e. The third kappa shape index (κ3) is 1.90. The summed E-state index contributed by atoms with van der Waals surface area (Å²) >= 11 is 0. The minimum Gasteiger partial charge on any atom is -0.327 e. The van der Waals surface area contributed by atoms with Crippen LogP contribution in [0.15, 0.2) is 0 Å². The van der Waals surface area contributed by atoms with Crippen LogP contribution in [-0.4, -0.2) is 11.8 Å². The highest BCUT2D eigenvalue weighted by atomic mass is 16.1. The molecule has 0 bridgehead atoms. The zero-order valence-corrected chi connectivity index (χ0v) is 13.7. The summed E-state index contributed by atoms with van der Waals surface area (Å²) < 4.78 is 0. The van der Waals surface area contributed by atoms with Gasteiger partial charge in [0.2, 0.25) is 0 Å². The molecule has 0 aromatic rings. The number of hydrogen-bond acceptors (Lipinski definition) is 2. The Hall–Kier alpha value is -0.370. The zero-order valence-electron chi connectivity index (χ0n) is 13.7. The van der Waals surface area contributed by atoms with Crippen LogP contribution in [0.5, 0.6) is 0 Å². The van der Waals surface area contributed by atoms with Crippen molar-refractivity contribution in [2.45, 2.75) is 77.7 Å². The van der Waals surface area contributed by atoms with Gasteiger partial charge in [0.1, 0.15) is 5.78 Å². The van der Waals surface area contributed by atoms with Gasteiger partial charge in [0, 0.05) is 18.9 Å². The predicted molar refractivity (Wildman–Crippen MR) is 84.7 cm³/mol. The molecule has 0 radical (unpaired) electrons. The van der Waals surface area contributed by atoms with Crippen LogP contribution in [0.4, 0.5) is 0 Å². The monoisotopic (exact) mass is 289 g/mol. The van der Waals surface area contributed by atoms with Crippen LogP contribution in [-0.2, 0) is 4.79 Å². The molecule has 0 saturated heterocycles. The van der Waals surface area contributed by atoms with Crippen LogP contribution in [0.3, 0.4) is 0 Å². The first-order valence-electron chi connectivity index (χ1n) is 9.21. The fourth-order valence-electron chi connectivity index (χ4n) is 7.32. The van der Waals surface area contributed by atoms with Gasteiger partial charge in [0.05, 0.1) is 0 Å². The fourth-order valence-corrected chi connectivity index (χ4v) is 7.32. The number of nitrogens with two attached hydrogens (primary N) is 1. The standard InChI is InChI=1S/C19H31NO/c1-18-8-3-4-15(18)14-6-5-12-10-13(21)7-9-19(12,2)17(14)16(20)11-18/h12,14-17H,3-11,20H2,1-2H3/t12?,14-,15-,16?,17-,18-,19-/m0/s1. The van der Waals surface area contributed by atoms with Gasteiger partial charge in [-0.25, -0.2) is 0 Å². The second-order valence-electron chi connectivity index (χ2n) is 9.23. The van der Waals surface area contributed by atoms with Gasteiger partial charge in [-0.3, -0.25) is 4.79 Å². The van der Waals surface area contributed by atoms with Gasteiger partial charge in [-0.1, -0.05) is 20.3 Å². The molecule has 4 saturated carbocycles. The molecule has 0 aromatic heterocycles. The molecule has 4 fully saturated rings. The highest BCUT2D eigenvalue weighted by Crippen LogP contribution is 2.65. The first-order chi connectivity index (χ1) is 9.94. The molecule has 2 heteroatoms. The van der Waals surface area contributed by atoms with Crippen LogP contribution in [0.1, 0.15) is 71.6 Å². The Balaban J connectivity index is 1.69. The summed E-state index contributed by atoms with van der Waals surface area (Å²) in [4.78, 5) is 11.9. The average Bonchev–Trinajstić information content (AvgIpc) is 2.80. The number of carbonyl (C=O) groups excluding carboxylic acids is 1. The van der Waals surface area contributed by atoms with Gasteiger partial charge < -0.3 is 5.73 Å². The summed E-state index contributed by atoms with van der Waals surface area (Å²) in [5.74, 6) is 3.57. The van der Waals surface area contributed by atoms with Crippen molar-refractivity contribution in [3.63, 3.8) is 0 Å². The van der Waals surface area contributed by atoms with Gasteiger partial charge in [0.15, 0.2) is 0 Å². The number of hydrogen-bond donors (Lipinski definition) is 1. The summed E-state index contributed by atoms with van der Waals surface area (Å²) in [6, 6.07) is 0.371. The molecular formula is C19H31NO. The first kappa shape index (κ1) is 14.2. The van der Waals surface area contributed by atoms with Crippen molar-refractivity contribution in [3.05, 3.63) is 0 Å². The number of fused-ring (bicyclic) bond motifs is 5. The van der Waals surface area contributed by atoms with E-state index < -0.39 is 0 Å². The summed E-state index contributed by atoms with van der Waals surface area (Å²) in [5.41, 5.74) is 7.64. The second-order valence-corrected chi connectivity index (χ2v) is 9.23. The maximum absolute atomic E-state index is 11.9. The third-order valence-electron chi connectivity index (χ3n) is 8.26. The van der Waals surface area contributed by atoms with E-state index in [1.165, 1.54) is 38.5 Å². The molecule has 21 heavy (non-hydrogen) atoms. The lowest BCUT2D eigenvalue weighted by molar-refractivity contribution is -0.140. The Labute approximate surface area is 129 Å². The molecule has 118 valence electrons. The zero-order chi connectivity index (χ0) is 14.8. The second kappa shape index (κ2) is 4.57. The van der Waals surface area contributed by atoms with Crippen LogP contribution in [0.25, 0.3) is 0 Å². The largest absolute Gasteiger partial charge is 0.327 e. The van der Waals surface area contributed by atoms with Gasteiger partial charge in [-0.15, -0.1) is 0 Å². The molecule has 2 unspecified atom stereocenters. The van der Waals surface area contributed by atoms with Crippen molar-refractivity contribution in [2.75, 3.05) is 0 Å². The lowest BCUT2D eigenvalue weighted by atomic mass is 9.44. The van der Waals surface area contributed by atoms with Gasteiger partial charge in [0.25, 0.3) is 0 Å². The van der Waals surface area contributed by atoms with Crippen molar-refractivity contribution in [1.82, 2.24) is 0 Å². The molecule has 4 aliphatic carbocycles. The van der Waals surface area contributed by atoms with Gasteiger partial charge >= 0.3 is 0 Å². The van der Waals surface area contributed by atoms with Crippen LogP contribution in [0.2, 0.25) is 0 Å². The molecule has 2 nitrogen and oxygen atoms in total. The molecule has 0 amide bonds. The maximum atomic E-state index is 11.9. The van der Waals surface area contributed by atoms with Crippen LogP contribution in [0, 0.1) is 34.5 Å². The van der Waals surface area contributed by atoms with E-state index in [1.54, 1.807) is 0 Å². The Kier molecular flexibility index (Phi) is 3.10. The number of Topliss-reactive ketones (excluding diaryl/α,β-unsaturated/α-hetero) is 1. The topological polar surface area (TPSA) is 43.1 Å². The van der Waals surface area contributed by atoms with E-state index in [-0.39, 0.29) is 0 Å². The van der Waals surface area contributed by atoms with Crippen molar-refractivity contribution >= 4 is 5.78 Å². The van der Waals surface area contributed by atoms with E-state index in [9.17, 15) is 4.79 Å². The first-order valence-corrected chi connectivity index (χ1v) is 9.21. The lowest BCUT2D eigenvalue weighted by Crippen LogP contribution is -2.60. The molecule has 7 atom stereocenters. The van der Waals surface area contributed by atoms with Crippen LogP contribution >= 0.6 is 0 Å². The number of ketones is 1. The van der Waals surface area contributed by atoms with Gasteiger partial charge in [-0.05, 0) is 73.0 Å². The smallest absolute Gasteiger partial charge is 0.133 e. The molecule has 4 aliphatic rings. The van der Waals surface area contributed by atoms with E-state index in [2.05, 4.69) is 13.8 Å². The Morgan fingerprint density at radius 1 is 1.14 bits per heavy atom. The van der Waals surface area contributed by atoms with E-state index in [4.69, 9.17) is 5.73 Å². The van der Waals surface area contributed by atoms with E-state index >= 15 is 0 Å². The Bertz CT molecular complexity index is 460. The minimum atomic E-state index is 0.347. The molecule has 4 rings (SSSR count). The summed E-state index contributed by atoms with van der Waals surface area (Å²) in [5, 5.41) is 0. The van der Waals surface area contributed by atoms with Gasteiger partial charge in [-0.2, -0.15) is 0 Å². The third-order valence-corrected chi connectivity index (χ3v) is 8.26. The molecule has 0 spiro atoms. The molecule has 2 N–H and O–H groups in total. The number of rotatable bonds is 0. The molecule has 0 aromatic carbocycles. The highest BCUT2D eigenvalue weighted by molar-refractivity contribution is 5.79. The van der Waals surface area contributed by atoms with Crippen molar-refractivity contribution in [3.8, 4) is 0 Å². The van der Waals surface area contributed by atoms with E-state index in [1.807, 2.05) is 0 Å². The normalized spacial score (nSPS) is 56.5. The lowest BCUT2D eigenvalue weighted by Gasteiger charge is -2.61. The minimum absolute atomic E-state index is 0.347. The Morgan fingerprint density at radius 3 is 2.76 bits per heavy atom.